The van der Waals surface area contributed by atoms with Crippen molar-refractivity contribution in [3.8, 4) is 58.9 Å². The van der Waals surface area contributed by atoms with E-state index in [1.165, 1.54) is 18.2 Å². The number of benzene rings is 6. The Morgan fingerprint density at radius 3 is 1.17 bits per heavy atom. The van der Waals surface area contributed by atoms with E-state index in [9.17, 15) is 44.7 Å². The molecule has 8 aromatic rings. The van der Waals surface area contributed by atoms with Gasteiger partial charge in [-0.1, -0.05) is 6.07 Å². The van der Waals surface area contributed by atoms with Crippen molar-refractivity contribution < 1.29 is 13.2 Å². The molecule has 0 atom stereocenters. The van der Waals surface area contributed by atoms with Gasteiger partial charge in [0.15, 0.2) is 0 Å². The zero-order chi connectivity index (χ0) is 37.9. The lowest BCUT2D eigenvalue weighted by atomic mass is 9.90. The molecule has 2 heterocycles. The Bertz CT molecular complexity index is 3090. The first-order valence-electron chi connectivity index (χ1n) is 16.1. The van der Waals surface area contributed by atoms with Gasteiger partial charge in [-0.2, -0.15) is 44.7 Å². The highest BCUT2D eigenvalue weighted by Gasteiger charge is 2.36. The Balaban J connectivity index is 1.62. The fourth-order valence-corrected chi connectivity index (χ4v) is 7.25. The van der Waals surface area contributed by atoms with Gasteiger partial charge in [-0.15, -0.1) is 0 Å². The lowest BCUT2D eigenvalue weighted by Gasteiger charge is -2.21. The van der Waals surface area contributed by atoms with Crippen molar-refractivity contribution in [3.05, 3.63) is 142 Å². The third-order valence-corrected chi connectivity index (χ3v) is 9.52. The molecule has 0 aliphatic carbocycles. The number of nitrogens with zero attached hydrogens (tertiary/aromatic N) is 8. The van der Waals surface area contributed by atoms with Gasteiger partial charge in [-0.3, -0.25) is 0 Å². The average molecular weight is 703 g/mol. The summed E-state index contributed by atoms with van der Waals surface area (Å²) in [6.07, 6.45) is -4.88. The number of hydrogen-bond acceptors (Lipinski definition) is 6. The van der Waals surface area contributed by atoms with E-state index in [-0.39, 0.29) is 16.7 Å². The molecule has 0 spiro atoms. The fraction of sp³-hybridized carbons (Fsp3) is 0.0233. The minimum Gasteiger partial charge on any atom is -0.307 e. The van der Waals surface area contributed by atoms with Crippen LogP contribution in [0.1, 0.15) is 38.9 Å². The standard InChI is InChI=1S/C43H17F3N8/c44-43(45,46)35-3-1-2-28(22-51)42(35)30-17-41(54-38-10-6-26(20-49)14-33(38)34-15-27(21-50)7-11-39(34)54)40(16-29(30)23-52)53-36-8-4-24(18-47)12-31(36)32-13-25(19-48)5-9-37(32)53/h1-17H. The van der Waals surface area contributed by atoms with Gasteiger partial charge in [-0.25, -0.2) is 0 Å². The Morgan fingerprint density at radius 1 is 0.426 bits per heavy atom. The Hall–Kier alpha value is -8.35. The third kappa shape index (κ3) is 4.87. The van der Waals surface area contributed by atoms with Crippen molar-refractivity contribution in [3.63, 3.8) is 0 Å². The molecule has 0 saturated heterocycles. The zero-order valence-electron chi connectivity index (χ0n) is 27.5. The van der Waals surface area contributed by atoms with Gasteiger partial charge in [0.2, 0.25) is 0 Å². The second-order valence-electron chi connectivity index (χ2n) is 12.4. The summed E-state index contributed by atoms with van der Waals surface area (Å²) in [5.41, 5.74) is 2.12. The maximum Gasteiger partial charge on any atom is 0.417 e. The van der Waals surface area contributed by atoms with Crippen molar-refractivity contribution >= 4 is 43.6 Å². The maximum absolute atomic E-state index is 14.7. The van der Waals surface area contributed by atoms with Gasteiger partial charge >= 0.3 is 6.18 Å². The molecule has 0 fully saturated rings. The van der Waals surface area contributed by atoms with Crippen LogP contribution >= 0.6 is 0 Å². The molecule has 0 N–H and O–H groups in total. The predicted molar refractivity (Wildman–Crippen MR) is 194 cm³/mol. The Morgan fingerprint density at radius 2 is 0.815 bits per heavy atom. The lowest BCUT2D eigenvalue weighted by Crippen LogP contribution is -2.10. The van der Waals surface area contributed by atoms with Crippen LogP contribution < -0.4 is 0 Å². The van der Waals surface area contributed by atoms with E-state index < -0.39 is 17.3 Å². The molecule has 0 bridgehead atoms. The molecule has 8 rings (SSSR count). The summed E-state index contributed by atoms with van der Waals surface area (Å²) < 4.78 is 47.7. The molecular weight excluding hydrogens is 686 g/mol. The van der Waals surface area contributed by atoms with Gasteiger partial charge in [-0.05, 0) is 97.1 Å². The highest BCUT2D eigenvalue weighted by molar-refractivity contribution is 6.12. The number of hydrogen-bond donors (Lipinski definition) is 0. The summed E-state index contributed by atoms with van der Waals surface area (Å²) in [6.45, 7) is 0. The monoisotopic (exact) mass is 702 g/mol. The molecule has 0 amide bonds. The number of alkyl halides is 3. The normalized spacial score (nSPS) is 11.1. The zero-order valence-corrected chi connectivity index (χ0v) is 27.5. The summed E-state index contributed by atoms with van der Waals surface area (Å²) in [4.78, 5) is 0. The van der Waals surface area contributed by atoms with Gasteiger partial charge in [0.05, 0.1) is 109 Å². The Labute approximate surface area is 304 Å². The average Bonchev–Trinajstić information content (AvgIpc) is 3.70. The second-order valence-corrected chi connectivity index (χ2v) is 12.4. The molecule has 54 heavy (non-hydrogen) atoms. The van der Waals surface area contributed by atoms with Crippen molar-refractivity contribution in [2.24, 2.45) is 0 Å². The minimum absolute atomic E-state index is 0.141. The number of fused-ring (bicyclic) bond motifs is 6. The van der Waals surface area contributed by atoms with Gasteiger partial charge in [0.1, 0.15) is 0 Å². The number of nitriles is 6. The molecule has 0 saturated carbocycles. The van der Waals surface area contributed by atoms with Crippen LogP contribution in [0, 0.1) is 68.0 Å². The van der Waals surface area contributed by atoms with Crippen LogP contribution in [0.2, 0.25) is 0 Å². The van der Waals surface area contributed by atoms with Crippen LogP contribution in [0.5, 0.6) is 0 Å². The molecule has 0 unspecified atom stereocenters. The second kappa shape index (κ2) is 12.2. The molecule has 0 aliphatic heterocycles. The molecule has 11 heteroatoms. The summed E-state index contributed by atoms with van der Waals surface area (Å²) in [6, 6.07) is 38.7. The molecule has 2 aromatic heterocycles. The van der Waals surface area contributed by atoms with Crippen LogP contribution in [0.3, 0.4) is 0 Å². The quantitative estimate of drug-likeness (QED) is 0.179. The highest BCUT2D eigenvalue weighted by atomic mass is 19.4. The van der Waals surface area contributed by atoms with Crippen molar-refractivity contribution in [2.45, 2.75) is 6.18 Å². The van der Waals surface area contributed by atoms with Crippen molar-refractivity contribution in [2.75, 3.05) is 0 Å². The maximum atomic E-state index is 14.7. The fourth-order valence-electron chi connectivity index (χ4n) is 7.25. The number of rotatable bonds is 3. The Kier molecular flexibility index (Phi) is 7.39. The first-order valence-corrected chi connectivity index (χ1v) is 16.1. The SMILES string of the molecule is N#Cc1ccc2c(c1)c1cc(C#N)ccc1n2-c1cc(C#N)c(-c2c(C#N)cccc2C(F)(F)F)cc1-n1c2ccc(C#N)cc2c2cc(C#N)ccc21. The molecular formula is C43H17F3N8. The van der Waals surface area contributed by atoms with E-state index >= 15 is 0 Å². The largest absolute Gasteiger partial charge is 0.417 e. The first kappa shape index (κ1) is 32.8. The molecule has 6 aromatic carbocycles. The van der Waals surface area contributed by atoms with Gasteiger partial charge < -0.3 is 9.13 Å². The summed E-state index contributed by atoms with van der Waals surface area (Å²) >= 11 is 0. The highest BCUT2D eigenvalue weighted by Crippen LogP contribution is 2.45. The predicted octanol–water partition coefficient (Wildman–Crippen LogP) is 9.80. The van der Waals surface area contributed by atoms with E-state index in [0.29, 0.717) is 77.2 Å². The number of aromatic nitrogens is 2. The molecule has 0 aliphatic rings. The summed E-state index contributed by atoms with van der Waals surface area (Å²) in [5.74, 6) is 0. The lowest BCUT2D eigenvalue weighted by molar-refractivity contribution is -0.137. The van der Waals surface area contributed by atoms with Crippen LogP contribution in [0.4, 0.5) is 13.2 Å². The third-order valence-electron chi connectivity index (χ3n) is 9.52. The minimum atomic E-state index is -4.88. The topological polar surface area (TPSA) is 153 Å². The van der Waals surface area contributed by atoms with Gasteiger partial charge in [0.25, 0.3) is 0 Å². The molecule has 8 nitrogen and oxygen atoms in total. The van der Waals surface area contributed by atoms with Crippen LogP contribution in [-0.4, -0.2) is 9.13 Å². The van der Waals surface area contributed by atoms with Crippen molar-refractivity contribution in [1.29, 1.82) is 31.6 Å². The smallest absolute Gasteiger partial charge is 0.307 e. The molecule has 0 radical (unpaired) electrons. The van der Waals surface area contributed by atoms with E-state index in [4.69, 9.17) is 0 Å². The van der Waals surface area contributed by atoms with E-state index in [2.05, 4.69) is 30.3 Å². The first-order chi connectivity index (χ1) is 26.1. The van der Waals surface area contributed by atoms with Crippen molar-refractivity contribution in [1.82, 2.24) is 9.13 Å². The van der Waals surface area contributed by atoms with Crippen LogP contribution in [-0.2, 0) is 6.18 Å². The number of halogens is 3. The van der Waals surface area contributed by atoms with Gasteiger partial charge in [0, 0.05) is 32.7 Å². The van der Waals surface area contributed by atoms with E-state index in [1.807, 2.05) is 10.6 Å². The molecule has 250 valence electrons. The summed E-state index contributed by atoms with van der Waals surface area (Å²) in [7, 11) is 0. The van der Waals surface area contributed by atoms with Crippen LogP contribution in [0.25, 0.3) is 66.1 Å². The summed E-state index contributed by atoms with van der Waals surface area (Å²) in [5, 5.41) is 62.3. The van der Waals surface area contributed by atoms with Crippen LogP contribution in [0.15, 0.2) is 103 Å². The van der Waals surface area contributed by atoms with E-state index in [1.54, 1.807) is 77.4 Å². The van der Waals surface area contributed by atoms with E-state index in [0.717, 1.165) is 12.1 Å².